The fourth-order valence-electron chi connectivity index (χ4n) is 3.48. The van der Waals surface area contributed by atoms with Gasteiger partial charge in [0.15, 0.2) is 11.4 Å². The third kappa shape index (κ3) is 4.95. The van der Waals surface area contributed by atoms with Gasteiger partial charge in [-0.15, -0.1) is 0 Å². The zero-order chi connectivity index (χ0) is 19.8. The lowest BCUT2D eigenvalue weighted by Gasteiger charge is -2.53. The molecular weight excluding hydrogens is 340 g/mol. The number of rotatable bonds is 11. The van der Waals surface area contributed by atoms with Crippen molar-refractivity contribution in [2.75, 3.05) is 33.0 Å². The normalized spacial score (nSPS) is 24.6. The minimum absolute atomic E-state index is 0.206. The average molecular weight is 376 g/mol. The summed E-state index contributed by atoms with van der Waals surface area (Å²) >= 11 is 0. The molecule has 0 unspecified atom stereocenters. The standard InChI is InChI=1S/C19H36O7/c1-8-21-16(20)18(15(6)7)13-17(22-9-2,23-10-3)14-19(26-18,24-11-4)25-12-5/h15H,8-14H2,1-7H3/t18-/m1/s1. The summed E-state index contributed by atoms with van der Waals surface area (Å²) in [5, 5.41) is 0. The first-order valence-electron chi connectivity index (χ1n) is 9.72. The van der Waals surface area contributed by atoms with E-state index in [2.05, 4.69) is 0 Å². The Morgan fingerprint density at radius 1 is 0.846 bits per heavy atom. The van der Waals surface area contributed by atoms with Crippen LogP contribution in [0.2, 0.25) is 0 Å². The zero-order valence-corrected chi connectivity index (χ0v) is 17.4. The summed E-state index contributed by atoms with van der Waals surface area (Å²) in [5.41, 5.74) is -1.30. The molecule has 0 N–H and O–H groups in total. The molecule has 7 heteroatoms. The van der Waals surface area contributed by atoms with E-state index in [4.69, 9.17) is 28.4 Å². The number of hydrogen-bond acceptors (Lipinski definition) is 7. The van der Waals surface area contributed by atoms with Gasteiger partial charge in [-0.2, -0.15) is 0 Å². The highest BCUT2D eigenvalue weighted by molar-refractivity contribution is 5.80. The van der Waals surface area contributed by atoms with Gasteiger partial charge in [0.25, 0.3) is 5.97 Å². The highest BCUT2D eigenvalue weighted by atomic mass is 16.9. The molecule has 0 radical (unpaired) electrons. The number of carbonyl (C=O) groups is 1. The largest absolute Gasteiger partial charge is 0.464 e. The Labute approximate surface area is 157 Å². The molecule has 0 spiro atoms. The molecule has 26 heavy (non-hydrogen) atoms. The molecule has 1 rings (SSSR count). The lowest BCUT2D eigenvalue weighted by Crippen LogP contribution is -2.66. The maximum Gasteiger partial charge on any atom is 0.339 e. The topological polar surface area (TPSA) is 72.5 Å². The smallest absolute Gasteiger partial charge is 0.339 e. The van der Waals surface area contributed by atoms with Gasteiger partial charge in [-0.3, -0.25) is 0 Å². The average Bonchev–Trinajstić information content (AvgIpc) is 2.55. The van der Waals surface area contributed by atoms with Gasteiger partial charge in [-0.05, 0) is 40.5 Å². The van der Waals surface area contributed by atoms with Gasteiger partial charge in [0.05, 0.1) is 13.0 Å². The Hall–Kier alpha value is -0.730. The molecule has 1 heterocycles. The summed E-state index contributed by atoms with van der Waals surface area (Å²) in [5.74, 6) is -3.17. The Morgan fingerprint density at radius 2 is 1.35 bits per heavy atom. The molecule has 1 aliphatic rings. The van der Waals surface area contributed by atoms with E-state index in [1.807, 2.05) is 41.5 Å². The summed E-state index contributed by atoms with van der Waals surface area (Å²) < 4.78 is 35.5. The molecule has 0 saturated carbocycles. The van der Waals surface area contributed by atoms with Crippen LogP contribution in [0, 0.1) is 5.92 Å². The second kappa shape index (κ2) is 9.99. The molecule has 0 amide bonds. The Balaban J connectivity index is 3.49. The van der Waals surface area contributed by atoms with E-state index in [0.29, 0.717) is 26.4 Å². The molecule has 0 aromatic carbocycles. The number of ether oxygens (including phenoxy) is 6. The SMILES string of the molecule is CCOC(=O)[C@]1(C(C)C)CC(OCC)(OCC)CC(OCC)(OCC)O1. The van der Waals surface area contributed by atoms with E-state index in [-0.39, 0.29) is 25.4 Å². The summed E-state index contributed by atoms with van der Waals surface area (Å²) in [4.78, 5) is 13.0. The van der Waals surface area contributed by atoms with Crippen LogP contribution in [0.4, 0.5) is 0 Å². The van der Waals surface area contributed by atoms with Crippen LogP contribution < -0.4 is 0 Å². The Kier molecular flexibility index (Phi) is 8.96. The molecule has 154 valence electrons. The van der Waals surface area contributed by atoms with E-state index in [9.17, 15) is 4.79 Å². The van der Waals surface area contributed by atoms with E-state index < -0.39 is 23.3 Å². The predicted octanol–water partition coefficient (Wildman–Crippen LogP) is 3.25. The fourth-order valence-corrected chi connectivity index (χ4v) is 3.48. The van der Waals surface area contributed by atoms with Crippen LogP contribution >= 0.6 is 0 Å². The third-order valence-electron chi connectivity index (χ3n) is 4.45. The molecule has 0 bridgehead atoms. The van der Waals surface area contributed by atoms with Crippen molar-refractivity contribution in [3.63, 3.8) is 0 Å². The third-order valence-corrected chi connectivity index (χ3v) is 4.45. The minimum Gasteiger partial charge on any atom is -0.464 e. The Morgan fingerprint density at radius 3 is 1.73 bits per heavy atom. The maximum absolute atomic E-state index is 13.0. The van der Waals surface area contributed by atoms with Crippen LogP contribution in [-0.4, -0.2) is 56.4 Å². The molecular formula is C19H36O7. The second-order valence-corrected chi connectivity index (χ2v) is 6.55. The lowest BCUT2D eigenvalue weighted by atomic mass is 9.79. The van der Waals surface area contributed by atoms with E-state index >= 15 is 0 Å². The van der Waals surface area contributed by atoms with Crippen LogP contribution in [0.5, 0.6) is 0 Å². The van der Waals surface area contributed by atoms with Crippen molar-refractivity contribution in [1.29, 1.82) is 0 Å². The van der Waals surface area contributed by atoms with Gasteiger partial charge < -0.3 is 28.4 Å². The monoisotopic (exact) mass is 376 g/mol. The summed E-state index contributed by atoms with van der Waals surface area (Å²) in [6, 6.07) is 0. The van der Waals surface area contributed by atoms with Crippen molar-refractivity contribution in [3.8, 4) is 0 Å². The van der Waals surface area contributed by atoms with Crippen molar-refractivity contribution in [3.05, 3.63) is 0 Å². The van der Waals surface area contributed by atoms with Crippen LogP contribution in [0.25, 0.3) is 0 Å². The number of carbonyl (C=O) groups excluding carboxylic acids is 1. The van der Waals surface area contributed by atoms with Crippen LogP contribution in [-0.2, 0) is 33.2 Å². The molecule has 7 nitrogen and oxygen atoms in total. The summed E-state index contributed by atoms with van der Waals surface area (Å²) in [7, 11) is 0. The van der Waals surface area contributed by atoms with Crippen molar-refractivity contribution < 1.29 is 33.2 Å². The molecule has 0 aromatic rings. The predicted molar refractivity (Wildman–Crippen MR) is 96.5 cm³/mol. The first-order valence-corrected chi connectivity index (χ1v) is 9.72. The van der Waals surface area contributed by atoms with Gasteiger partial charge >= 0.3 is 5.97 Å². The summed E-state index contributed by atoms with van der Waals surface area (Å²) in [6.07, 6.45) is 0.414. The molecule has 1 fully saturated rings. The van der Waals surface area contributed by atoms with E-state index in [1.165, 1.54) is 0 Å². The van der Waals surface area contributed by atoms with E-state index in [0.717, 1.165) is 0 Å². The summed E-state index contributed by atoms with van der Waals surface area (Å²) in [6.45, 7) is 14.9. The minimum atomic E-state index is -1.44. The first kappa shape index (κ1) is 23.3. The van der Waals surface area contributed by atoms with Gasteiger partial charge in [0.1, 0.15) is 0 Å². The highest BCUT2D eigenvalue weighted by Crippen LogP contribution is 2.48. The van der Waals surface area contributed by atoms with Gasteiger partial charge in [0, 0.05) is 32.8 Å². The Bertz CT molecular complexity index is 400. The fraction of sp³-hybridized carbons (Fsp3) is 0.947. The van der Waals surface area contributed by atoms with Crippen molar-refractivity contribution in [2.45, 2.75) is 78.7 Å². The van der Waals surface area contributed by atoms with Crippen LogP contribution in [0.3, 0.4) is 0 Å². The molecule has 1 saturated heterocycles. The van der Waals surface area contributed by atoms with Crippen LogP contribution in [0.15, 0.2) is 0 Å². The zero-order valence-electron chi connectivity index (χ0n) is 17.4. The second-order valence-electron chi connectivity index (χ2n) is 6.55. The molecule has 1 atom stereocenters. The van der Waals surface area contributed by atoms with Gasteiger partial charge in [0.2, 0.25) is 0 Å². The first-order chi connectivity index (χ1) is 12.3. The number of hydrogen-bond donors (Lipinski definition) is 0. The van der Waals surface area contributed by atoms with Gasteiger partial charge in [-0.25, -0.2) is 4.79 Å². The van der Waals surface area contributed by atoms with E-state index in [1.54, 1.807) is 6.92 Å². The quantitative estimate of drug-likeness (QED) is 0.405. The van der Waals surface area contributed by atoms with Crippen LogP contribution in [0.1, 0.15) is 61.3 Å². The van der Waals surface area contributed by atoms with Crippen molar-refractivity contribution in [2.24, 2.45) is 5.92 Å². The highest BCUT2D eigenvalue weighted by Gasteiger charge is 2.63. The van der Waals surface area contributed by atoms with Gasteiger partial charge in [-0.1, -0.05) is 13.8 Å². The lowest BCUT2D eigenvalue weighted by molar-refractivity contribution is -0.468. The molecule has 1 aliphatic heterocycles. The number of esters is 1. The van der Waals surface area contributed by atoms with Crippen molar-refractivity contribution in [1.82, 2.24) is 0 Å². The van der Waals surface area contributed by atoms with Crippen molar-refractivity contribution >= 4 is 5.97 Å². The molecule has 0 aliphatic carbocycles. The maximum atomic E-state index is 13.0. The molecule has 0 aromatic heterocycles.